The molecular weight excluding hydrogens is 216 g/mol. The van der Waals surface area contributed by atoms with Crippen LogP contribution in [0.15, 0.2) is 0 Å². The molecule has 6 heavy (non-hydrogen) atoms. The molecule has 0 rings (SSSR count). The molecule has 2 nitrogen and oxygen atoms in total. The van der Waals surface area contributed by atoms with E-state index in [-0.39, 0.29) is 23.6 Å². The molecule has 1 N–H and O–H groups in total. The van der Waals surface area contributed by atoms with Crippen molar-refractivity contribution >= 4 is 33.2 Å². The summed E-state index contributed by atoms with van der Waals surface area (Å²) < 4.78 is 4.25. The first-order valence-corrected chi connectivity index (χ1v) is 1.91. The van der Waals surface area contributed by atoms with E-state index in [2.05, 4.69) is 20.1 Å². The van der Waals surface area contributed by atoms with E-state index in [4.69, 9.17) is 5.11 Å². The van der Waals surface area contributed by atoms with Crippen LogP contribution in [0.25, 0.3) is 0 Å². The zero-order valence-corrected chi connectivity index (χ0v) is 6.35. The van der Waals surface area contributed by atoms with Crippen LogP contribution in [0.3, 0.4) is 0 Å². The van der Waals surface area contributed by atoms with Crippen LogP contribution in [0.4, 0.5) is 0 Å². The summed E-state index contributed by atoms with van der Waals surface area (Å²) in [6.07, 6.45) is 0. The lowest BCUT2D eigenvalue weighted by atomic mass is 10.8. The summed E-state index contributed by atoms with van der Waals surface area (Å²) in [5.74, 6) is 0. The Balaban J connectivity index is 0. The third kappa shape index (κ3) is 8.86. The van der Waals surface area contributed by atoms with Crippen molar-refractivity contribution in [3.8, 4) is 0 Å². The van der Waals surface area contributed by atoms with Gasteiger partial charge in [-0.15, -0.1) is 17.0 Å². The highest BCUT2D eigenvalue weighted by Crippen LogP contribution is 1.78. The maximum Gasteiger partial charge on any atom is 0.0988 e. The minimum Gasteiger partial charge on any atom is -0.394 e. The summed E-state index contributed by atoms with van der Waals surface area (Å²) in [6, 6.07) is 0. The Bertz CT molecular complexity index is 17.0. The van der Waals surface area contributed by atoms with Crippen molar-refractivity contribution in [2.45, 2.75) is 0 Å². The molecule has 0 aromatic carbocycles. The molecule has 40 valence electrons. The van der Waals surface area contributed by atoms with E-state index in [0.29, 0.717) is 6.61 Å². The highest BCUT2D eigenvalue weighted by Gasteiger charge is 1.69. The summed E-state index contributed by atoms with van der Waals surface area (Å²) in [5, 5.41) is 7.91. The van der Waals surface area contributed by atoms with Crippen molar-refractivity contribution in [3.05, 3.63) is 0 Å². The van der Waals surface area contributed by atoms with Gasteiger partial charge in [0.2, 0.25) is 0 Å². The van der Waals surface area contributed by atoms with Crippen LogP contribution in [0.5, 0.6) is 0 Å². The van der Waals surface area contributed by atoms with Crippen molar-refractivity contribution in [1.82, 2.24) is 0 Å². The van der Waals surface area contributed by atoms with Gasteiger partial charge >= 0.3 is 0 Å². The zero-order chi connectivity index (χ0) is 4.12. The molecule has 0 bridgehead atoms. The third-order valence-electron chi connectivity index (χ3n) is 0.168. The number of halogens is 2. The maximum atomic E-state index is 7.91. The number of aliphatic hydroxyl groups is 1. The van der Waals surface area contributed by atoms with Gasteiger partial charge in [-0.25, -0.2) is 0 Å². The van der Waals surface area contributed by atoms with Gasteiger partial charge in [0.15, 0.2) is 0 Å². The van der Waals surface area contributed by atoms with Crippen molar-refractivity contribution in [2.75, 3.05) is 13.2 Å². The summed E-state index contributed by atoms with van der Waals surface area (Å²) in [7, 11) is 0. The molecule has 0 fully saturated rings. The van der Waals surface area contributed by atoms with Gasteiger partial charge in [0.25, 0.3) is 0 Å². The molecule has 0 heterocycles. The molecular formula is C2H6Br2O2. The highest BCUT2D eigenvalue weighted by atomic mass is 79.9. The standard InChI is InChI=1S/C2H5BrO2.BrH/c3-5-2-1-4;/h4H,1-2H2;1H. The summed E-state index contributed by atoms with van der Waals surface area (Å²) in [4.78, 5) is 0. The van der Waals surface area contributed by atoms with Gasteiger partial charge in [-0.2, -0.15) is 0 Å². The van der Waals surface area contributed by atoms with Gasteiger partial charge in [-0.1, -0.05) is 0 Å². The summed E-state index contributed by atoms with van der Waals surface area (Å²) >= 11 is 2.65. The van der Waals surface area contributed by atoms with Gasteiger partial charge < -0.3 is 8.93 Å². The molecule has 0 spiro atoms. The Morgan fingerprint density at radius 3 is 2.17 bits per heavy atom. The Labute approximate surface area is 55.7 Å². The van der Waals surface area contributed by atoms with Gasteiger partial charge in [0.1, 0.15) is 0 Å². The molecule has 0 radical (unpaired) electrons. The largest absolute Gasteiger partial charge is 0.394 e. The average Bonchev–Trinajstić information content (AvgIpc) is 1.41. The molecule has 4 heteroatoms. The molecule has 0 aromatic heterocycles. The van der Waals surface area contributed by atoms with Crippen LogP contribution in [-0.4, -0.2) is 18.3 Å². The smallest absolute Gasteiger partial charge is 0.0988 e. The fraction of sp³-hybridized carbons (Fsp3) is 1.00. The molecule has 0 saturated carbocycles. The van der Waals surface area contributed by atoms with Crippen LogP contribution in [0, 0.1) is 0 Å². The minimum atomic E-state index is 0. The third-order valence-corrected chi connectivity index (χ3v) is 0.492. The zero-order valence-electron chi connectivity index (χ0n) is 3.06. The lowest BCUT2D eigenvalue weighted by Crippen LogP contribution is -1.87. The molecule has 0 unspecified atom stereocenters. The lowest BCUT2D eigenvalue weighted by molar-refractivity contribution is 0.228. The van der Waals surface area contributed by atoms with E-state index in [1.807, 2.05) is 0 Å². The van der Waals surface area contributed by atoms with E-state index in [1.54, 1.807) is 0 Å². The monoisotopic (exact) mass is 220 g/mol. The highest BCUT2D eigenvalue weighted by molar-refractivity contribution is 9.06. The Morgan fingerprint density at radius 2 is 2.17 bits per heavy atom. The van der Waals surface area contributed by atoms with E-state index < -0.39 is 0 Å². The Morgan fingerprint density at radius 1 is 1.67 bits per heavy atom. The van der Waals surface area contributed by atoms with E-state index in [9.17, 15) is 0 Å². The topological polar surface area (TPSA) is 29.5 Å². The number of rotatable bonds is 2. The Hall–Kier alpha value is 0.880. The van der Waals surface area contributed by atoms with Crippen molar-refractivity contribution in [2.24, 2.45) is 0 Å². The molecule has 0 amide bonds. The molecule has 0 aliphatic heterocycles. The molecule has 0 saturated heterocycles. The second-order valence-electron chi connectivity index (χ2n) is 0.537. The second-order valence-corrected chi connectivity index (χ2v) is 0.995. The fourth-order valence-electron chi connectivity index (χ4n) is 0.0345. The first kappa shape index (κ1) is 9.99. The fourth-order valence-corrected chi connectivity index (χ4v) is 0.179. The molecule has 0 atom stereocenters. The van der Waals surface area contributed by atoms with Crippen LogP contribution in [0.1, 0.15) is 0 Å². The normalized spacial score (nSPS) is 7.00. The SMILES string of the molecule is Br.OCCOBr. The predicted molar refractivity (Wildman–Crippen MR) is 32.3 cm³/mol. The maximum absolute atomic E-state index is 7.91. The average molecular weight is 222 g/mol. The van der Waals surface area contributed by atoms with Gasteiger partial charge in [0, 0.05) is 0 Å². The van der Waals surface area contributed by atoms with E-state index in [0.717, 1.165) is 0 Å². The quantitative estimate of drug-likeness (QED) is 0.751. The summed E-state index contributed by atoms with van der Waals surface area (Å²) in [5.41, 5.74) is 0. The molecule has 0 aliphatic rings. The molecule has 0 aliphatic carbocycles. The van der Waals surface area contributed by atoms with E-state index in [1.165, 1.54) is 0 Å². The van der Waals surface area contributed by atoms with Crippen LogP contribution < -0.4 is 0 Å². The van der Waals surface area contributed by atoms with Gasteiger partial charge in [-0.05, 0) is 0 Å². The first-order valence-electron chi connectivity index (χ1n) is 1.26. The molecule has 0 aromatic rings. The number of hydrogen-bond donors (Lipinski definition) is 1. The van der Waals surface area contributed by atoms with Crippen LogP contribution in [0.2, 0.25) is 0 Å². The lowest BCUT2D eigenvalue weighted by Gasteiger charge is -1.80. The Kier molecular flexibility index (Phi) is 15.5. The van der Waals surface area contributed by atoms with Crippen LogP contribution >= 0.6 is 33.2 Å². The second kappa shape index (κ2) is 9.30. The first-order chi connectivity index (χ1) is 2.41. The van der Waals surface area contributed by atoms with Crippen molar-refractivity contribution in [1.29, 1.82) is 0 Å². The van der Waals surface area contributed by atoms with Crippen molar-refractivity contribution in [3.63, 3.8) is 0 Å². The minimum absolute atomic E-state index is 0. The predicted octanol–water partition coefficient (Wildman–Crippen LogP) is 0.883. The van der Waals surface area contributed by atoms with Crippen LogP contribution in [-0.2, 0) is 3.83 Å². The van der Waals surface area contributed by atoms with Crippen molar-refractivity contribution < 1.29 is 8.93 Å². The van der Waals surface area contributed by atoms with Gasteiger partial charge in [-0.3, -0.25) is 0 Å². The number of hydrogen-bond acceptors (Lipinski definition) is 2. The number of aliphatic hydroxyl groups excluding tert-OH is 1. The van der Waals surface area contributed by atoms with Gasteiger partial charge in [0.05, 0.1) is 29.5 Å². The van der Waals surface area contributed by atoms with E-state index >= 15 is 0 Å². The summed E-state index contributed by atoms with van der Waals surface area (Å²) in [6.45, 7) is 0.436.